The molecule has 0 saturated heterocycles. The van der Waals surface area contributed by atoms with Crippen LogP contribution in [0.1, 0.15) is 37.9 Å². The summed E-state index contributed by atoms with van der Waals surface area (Å²) < 4.78 is 5.52. The first kappa shape index (κ1) is 13.0. The second kappa shape index (κ2) is 7.25. The number of hydrogen-bond donors (Lipinski definition) is 2. The zero-order valence-corrected chi connectivity index (χ0v) is 9.72. The number of aliphatic hydroxyl groups excluding tert-OH is 2. The van der Waals surface area contributed by atoms with Crippen LogP contribution in [0.4, 0.5) is 0 Å². The lowest BCUT2D eigenvalue weighted by molar-refractivity contribution is 0.199. The zero-order chi connectivity index (χ0) is 11.8. The molecule has 0 aromatic heterocycles. The molecule has 1 aromatic carbocycles. The molecular formula is C13H20O3. The Hall–Kier alpha value is -1.06. The van der Waals surface area contributed by atoms with Crippen LogP contribution < -0.4 is 4.74 Å². The quantitative estimate of drug-likeness (QED) is 0.699. The Morgan fingerprint density at radius 2 is 1.81 bits per heavy atom. The minimum Gasteiger partial charge on any atom is -0.494 e. The van der Waals surface area contributed by atoms with E-state index < -0.39 is 6.10 Å². The molecule has 0 spiro atoms. The van der Waals surface area contributed by atoms with E-state index in [9.17, 15) is 5.11 Å². The van der Waals surface area contributed by atoms with E-state index in [4.69, 9.17) is 9.84 Å². The summed E-state index contributed by atoms with van der Waals surface area (Å²) in [6, 6.07) is 7.48. The van der Waals surface area contributed by atoms with Crippen LogP contribution in [-0.2, 0) is 0 Å². The van der Waals surface area contributed by atoms with E-state index in [2.05, 4.69) is 0 Å². The topological polar surface area (TPSA) is 49.7 Å². The normalized spacial score (nSPS) is 12.4. The van der Waals surface area contributed by atoms with Crippen molar-refractivity contribution in [1.29, 1.82) is 0 Å². The van der Waals surface area contributed by atoms with Crippen molar-refractivity contribution in [1.82, 2.24) is 0 Å². The molecule has 0 bridgehead atoms. The number of ether oxygens (including phenoxy) is 1. The average Bonchev–Trinajstić information content (AvgIpc) is 2.29. The zero-order valence-electron chi connectivity index (χ0n) is 9.72. The fourth-order valence-electron chi connectivity index (χ4n) is 1.42. The Morgan fingerprint density at radius 1 is 1.12 bits per heavy atom. The summed E-state index contributed by atoms with van der Waals surface area (Å²) in [6.45, 7) is 2.67. The SMILES string of the molecule is C[C@H](O)c1ccc(OCCCCCO)cc1. The van der Waals surface area contributed by atoms with Gasteiger partial charge in [-0.25, -0.2) is 0 Å². The summed E-state index contributed by atoms with van der Waals surface area (Å²) >= 11 is 0. The first-order chi connectivity index (χ1) is 7.74. The molecule has 2 N–H and O–H groups in total. The summed E-state index contributed by atoms with van der Waals surface area (Å²) in [7, 11) is 0. The smallest absolute Gasteiger partial charge is 0.119 e. The van der Waals surface area contributed by atoms with Crippen LogP contribution in [0, 0.1) is 0 Å². The lowest BCUT2D eigenvalue weighted by Crippen LogP contribution is -1.98. The molecule has 0 heterocycles. The van der Waals surface area contributed by atoms with Crippen molar-refractivity contribution in [3.63, 3.8) is 0 Å². The van der Waals surface area contributed by atoms with Crippen molar-refractivity contribution < 1.29 is 14.9 Å². The van der Waals surface area contributed by atoms with Crippen LogP contribution in [-0.4, -0.2) is 23.4 Å². The van der Waals surface area contributed by atoms with E-state index in [1.54, 1.807) is 6.92 Å². The Bertz CT molecular complexity index is 280. The highest BCUT2D eigenvalue weighted by Crippen LogP contribution is 2.17. The van der Waals surface area contributed by atoms with Gasteiger partial charge in [0.25, 0.3) is 0 Å². The molecular weight excluding hydrogens is 204 g/mol. The van der Waals surface area contributed by atoms with Crippen LogP contribution in [0.25, 0.3) is 0 Å². The molecule has 0 fully saturated rings. The van der Waals surface area contributed by atoms with Crippen molar-refractivity contribution >= 4 is 0 Å². The third-order valence-corrected chi connectivity index (χ3v) is 2.43. The first-order valence-electron chi connectivity index (χ1n) is 5.75. The molecule has 1 aromatic rings. The molecule has 1 rings (SSSR count). The van der Waals surface area contributed by atoms with E-state index in [0.717, 1.165) is 30.6 Å². The monoisotopic (exact) mass is 224 g/mol. The maximum Gasteiger partial charge on any atom is 0.119 e. The molecule has 0 aliphatic carbocycles. The number of rotatable bonds is 7. The fourth-order valence-corrected chi connectivity index (χ4v) is 1.42. The first-order valence-corrected chi connectivity index (χ1v) is 5.75. The van der Waals surface area contributed by atoms with Crippen LogP contribution in [0.2, 0.25) is 0 Å². The van der Waals surface area contributed by atoms with Crippen LogP contribution in [0.5, 0.6) is 5.75 Å². The van der Waals surface area contributed by atoms with Crippen LogP contribution in [0.3, 0.4) is 0 Å². The molecule has 0 aliphatic heterocycles. The number of aliphatic hydroxyl groups is 2. The highest BCUT2D eigenvalue weighted by Gasteiger charge is 2.00. The average molecular weight is 224 g/mol. The fraction of sp³-hybridized carbons (Fsp3) is 0.538. The van der Waals surface area contributed by atoms with Crippen molar-refractivity contribution in [3.8, 4) is 5.75 Å². The standard InChI is InChI=1S/C13H20O3/c1-11(15)12-5-7-13(8-6-12)16-10-4-2-3-9-14/h5-8,11,14-15H,2-4,9-10H2,1H3/t11-/m0/s1. The van der Waals surface area contributed by atoms with Crippen LogP contribution >= 0.6 is 0 Å². The van der Waals surface area contributed by atoms with Gasteiger partial charge in [0, 0.05) is 6.61 Å². The number of unbranched alkanes of at least 4 members (excludes halogenated alkanes) is 2. The van der Waals surface area contributed by atoms with E-state index in [1.165, 1.54) is 0 Å². The Morgan fingerprint density at radius 3 is 2.38 bits per heavy atom. The molecule has 3 nitrogen and oxygen atoms in total. The summed E-state index contributed by atoms with van der Waals surface area (Å²) in [5.74, 6) is 0.827. The van der Waals surface area contributed by atoms with Crippen molar-refractivity contribution in [2.75, 3.05) is 13.2 Å². The second-order valence-corrected chi connectivity index (χ2v) is 3.88. The molecule has 16 heavy (non-hydrogen) atoms. The highest BCUT2D eigenvalue weighted by atomic mass is 16.5. The van der Waals surface area contributed by atoms with Gasteiger partial charge in [0.05, 0.1) is 12.7 Å². The van der Waals surface area contributed by atoms with Gasteiger partial charge in [0.2, 0.25) is 0 Å². The van der Waals surface area contributed by atoms with Gasteiger partial charge in [-0.2, -0.15) is 0 Å². The molecule has 90 valence electrons. The summed E-state index contributed by atoms with van der Waals surface area (Å²) in [6.07, 6.45) is 2.35. The minimum absolute atomic E-state index is 0.253. The Labute approximate surface area is 96.7 Å². The minimum atomic E-state index is -0.432. The van der Waals surface area contributed by atoms with Crippen molar-refractivity contribution in [2.45, 2.75) is 32.3 Å². The molecule has 1 atom stereocenters. The molecule has 0 radical (unpaired) electrons. The van der Waals surface area contributed by atoms with Gasteiger partial charge in [0.1, 0.15) is 5.75 Å². The van der Waals surface area contributed by atoms with Crippen LogP contribution in [0.15, 0.2) is 24.3 Å². The van der Waals surface area contributed by atoms with Gasteiger partial charge in [-0.1, -0.05) is 12.1 Å². The van der Waals surface area contributed by atoms with Gasteiger partial charge in [-0.15, -0.1) is 0 Å². The predicted molar refractivity (Wildman–Crippen MR) is 63.5 cm³/mol. The molecule has 3 heteroatoms. The third-order valence-electron chi connectivity index (χ3n) is 2.43. The maximum absolute atomic E-state index is 9.32. The van der Waals surface area contributed by atoms with E-state index in [-0.39, 0.29) is 6.61 Å². The van der Waals surface area contributed by atoms with Gasteiger partial charge in [-0.3, -0.25) is 0 Å². The number of benzene rings is 1. The van der Waals surface area contributed by atoms with E-state index in [1.807, 2.05) is 24.3 Å². The summed E-state index contributed by atoms with van der Waals surface area (Å²) in [5.41, 5.74) is 0.896. The van der Waals surface area contributed by atoms with Crippen molar-refractivity contribution in [3.05, 3.63) is 29.8 Å². The van der Waals surface area contributed by atoms with Gasteiger partial charge in [-0.05, 0) is 43.9 Å². The predicted octanol–water partition coefficient (Wildman–Crippen LogP) is 2.28. The Balaban J connectivity index is 2.27. The van der Waals surface area contributed by atoms with Gasteiger partial charge >= 0.3 is 0 Å². The molecule has 0 saturated carbocycles. The second-order valence-electron chi connectivity index (χ2n) is 3.88. The van der Waals surface area contributed by atoms with E-state index in [0.29, 0.717) is 6.61 Å². The Kier molecular flexibility index (Phi) is 5.90. The van der Waals surface area contributed by atoms with E-state index >= 15 is 0 Å². The summed E-state index contributed by atoms with van der Waals surface area (Å²) in [5, 5.41) is 17.9. The van der Waals surface area contributed by atoms with Gasteiger partial charge < -0.3 is 14.9 Å². The number of hydrogen-bond acceptors (Lipinski definition) is 3. The van der Waals surface area contributed by atoms with Crippen molar-refractivity contribution in [2.24, 2.45) is 0 Å². The lowest BCUT2D eigenvalue weighted by atomic mass is 10.1. The summed E-state index contributed by atoms with van der Waals surface area (Å²) in [4.78, 5) is 0. The molecule has 0 amide bonds. The lowest BCUT2D eigenvalue weighted by Gasteiger charge is -2.08. The third kappa shape index (κ3) is 4.64. The molecule has 0 unspecified atom stereocenters. The highest BCUT2D eigenvalue weighted by molar-refractivity contribution is 5.28. The maximum atomic E-state index is 9.32. The molecule has 0 aliphatic rings. The largest absolute Gasteiger partial charge is 0.494 e. The van der Waals surface area contributed by atoms with Gasteiger partial charge in [0.15, 0.2) is 0 Å².